The molecule has 0 unspecified atom stereocenters. The highest BCUT2D eigenvalue weighted by Gasteiger charge is 2.15. The molecule has 0 amide bonds. The van der Waals surface area contributed by atoms with E-state index < -0.39 is 11.9 Å². The van der Waals surface area contributed by atoms with Gasteiger partial charge in [0.2, 0.25) is 0 Å². The van der Waals surface area contributed by atoms with Gasteiger partial charge in [-0.15, -0.1) is 0 Å². The highest BCUT2D eigenvalue weighted by Crippen LogP contribution is 2.23. The molecule has 2 aromatic rings. The molecule has 4 nitrogen and oxygen atoms in total. The smallest absolute Gasteiger partial charge is 0.338 e. The number of hydrogen-bond acceptors (Lipinski definition) is 3. The number of carbonyl (C=O) groups excluding carboxylic acids is 1. The van der Waals surface area contributed by atoms with E-state index in [2.05, 4.69) is 4.74 Å². The molecule has 0 spiro atoms. The van der Waals surface area contributed by atoms with Crippen molar-refractivity contribution in [1.82, 2.24) is 0 Å². The number of esters is 1. The Hall–Kier alpha value is -2.36. The van der Waals surface area contributed by atoms with E-state index in [4.69, 9.17) is 5.11 Å². The maximum Gasteiger partial charge on any atom is 0.338 e. The van der Waals surface area contributed by atoms with Gasteiger partial charge in [0, 0.05) is 0 Å². The van der Waals surface area contributed by atoms with Gasteiger partial charge < -0.3 is 9.84 Å². The Kier molecular flexibility index (Phi) is 2.78. The molecule has 0 saturated heterocycles. The van der Waals surface area contributed by atoms with Crippen LogP contribution in [-0.2, 0) is 4.74 Å². The molecule has 0 aliphatic rings. The summed E-state index contributed by atoms with van der Waals surface area (Å²) in [5, 5.41) is 10.2. The summed E-state index contributed by atoms with van der Waals surface area (Å²) in [6.45, 7) is 0. The third-order valence-electron chi connectivity index (χ3n) is 2.56. The van der Waals surface area contributed by atoms with Crippen LogP contribution in [0.2, 0.25) is 0 Å². The van der Waals surface area contributed by atoms with Crippen molar-refractivity contribution in [3.8, 4) is 0 Å². The van der Waals surface area contributed by atoms with Gasteiger partial charge in [-0.1, -0.05) is 24.3 Å². The molecular weight excluding hydrogens is 220 g/mol. The van der Waals surface area contributed by atoms with Crippen LogP contribution in [0.15, 0.2) is 36.4 Å². The van der Waals surface area contributed by atoms with Crippen LogP contribution in [0, 0.1) is 0 Å². The fourth-order valence-electron chi connectivity index (χ4n) is 1.77. The number of fused-ring (bicyclic) bond motifs is 1. The number of carboxylic acids is 1. The zero-order valence-corrected chi connectivity index (χ0v) is 9.14. The summed E-state index contributed by atoms with van der Waals surface area (Å²) >= 11 is 0. The highest BCUT2D eigenvalue weighted by molar-refractivity contribution is 6.11. The van der Waals surface area contributed by atoms with E-state index in [-0.39, 0.29) is 5.56 Å². The lowest BCUT2D eigenvalue weighted by atomic mass is 9.99. The van der Waals surface area contributed by atoms with Crippen LogP contribution in [0.4, 0.5) is 0 Å². The van der Waals surface area contributed by atoms with E-state index in [0.29, 0.717) is 16.3 Å². The first-order valence-corrected chi connectivity index (χ1v) is 4.98. The van der Waals surface area contributed by atoms with Crippen molar-refractivity contribution in [2.24, 2.45) is 0 Å². The van der Waals surface area contributed by atoms with Crippen LogP contribution in [0.5, 0.6) is 0 Å². The minimum Gasteiger partial charge on any atom is -0.478 e. The topological polar surface area (TPSA) is 63.6 Å². The van der Waals surface area contributed by atoms with Crippen molar-refractivity contribution in [3.05, 3.63) is 47.5 Å². The van der Waals surface area contributed by atoms with E-state index in [9.17, 15) is 9.59 Å². The molecular formula is C13H10O4. The summed E-state index contributed by atoms with van der Waals surface area (Å²) in [7, 11) is 1.29. The lowest BCUT2D eigenvalue weighted by Crippen LogP contribution is -2.05. The normalized spacial score (nSPS) is 10.2. The predicted molar refractivity (Wildman–Crippen MR) is 62.2 cm³/mol. The van der Waals surface area contributed by atoms with Gasteiger partial charge >= 0.3 is 11.9 Å². The molecule has 2 aromatic carbocycles. The predicted octanol–water partition coefficient (Wildman–Crippen LogP) is 2.32. The molecule has 0 atom stereocenters. The van der Waals surface area contributed by atoms with Crippen molar-refractivity contribution >= 4 is 22.7 Å². The second kappa shape index (κ2) is 4.25. The minimum absolute atomic E-state index is 0.174. The Morgan fingerprint density at radius 1 is 1.00 bits per heavy atom. The minimum atomic E-state index is -1.02. The number of rotatable bonds is 2. The molecule has 86 valence electrons. The summed E-state index contributed by atoms with van der Waals surface area (Å²) < 4.78 is 4.66. The van der Waals surface area contributed by atoms with Gasteiger partial charge in [-0.3, -0.25) is 0 Å². The van der Waals surface area contributed by atoms with Gasteiger partial charge in [0.15, 0.2) is 0 Å². The van der Waals surface area contributed by atoms with E-state index >= 15 is 0 Å². The first-order chi connectivity index (χ1) is 8.15. The quantitative estimate of drug-likeness (QED) is 0.804. The molecule has 2 rings (SSSR count). The fourth-order valence-corrected chi connectivity index (χ4v) is 1.77. The molecule has 4 heteroatoms. The Morgan fingerprint density at radius 3 is 2.06 bits per heavy atom. The van der Waals surface area contributed by atoms with Crippen LogP contribution in [-0.4, -0.2) is 24.2 Å². The summed E-state index contributed by atoms with van der Waals surface area (Å²) in [4.78, 5) is 22.6. The fraction of sp³-hybridized carbons (Fsp3) is 0.0769. The summed E-state index contributed by atoms with van der Waals surface area (Å²) in [6, 6.07) is 9.74. The molecule has 1 N–H and O–H groups in total. The zero-order valence-electron chi connectivity index (χ0n) is 9.14. The average Bonchev–Trinajstić information content (AvgIpc) is 2.36. The second-order valence-electron chi connectivity index (χ2n) is 3.50. The number of methoxy groups -OCH3 is 1. The van der Waals surface area contributed by atoms with E-state index in [1.165, 1.54) is 19.2 Å². The van der Waals surface area contributed by atoms with E-state index in [1.807, 2.05) is 0 Å². The Morgan fingerprint density at radius 2 is 1.53 bits per heavy atom. The third kappa shape index (κ3) is 1.85. The monoisotopic (exact) mass is 230 g/mol. The molecule has 0 saturated carbocycles. The van der Waals surface area contributed by atoms with Crippen molar-refractivity contribution in [2.45, 2.75) is 0 Å². The summed E-state index contributed by atoms with van der Waals surface area (Å²) in [5.74, 6) is -1.49. The number of carboxylic acid groups (broad SMARTS) is 1. The van der Waals surface area contributed by atoms with Gasteiger partial charge in [0.1, 0.15) is 0 Å². The second-order valence-corrected chi connectivity index (χ2v) is 3.50. The molecule has 0 aliphatic carbocycles. The highest BCUT2D eigenvalue weighted by atomic mass is 16.5. The van der Waals surface area contributed by atoms with Crippen LogP contribution in [0.1, 0.15) is 20.7 Å². The van der Waals surface area contributed by atoms with E-state index in [0.717, 1.165) is 0 Å². The lowest BCUT2D eigenvalue weighted by molar-refractivity contribution is 0.0601. The summed E-state index contributed by atoms with van der Waals surface area (Å²) in [5.41, 5.74) is 0.543. The van der Waals surface area contributed by atoms with Gasteiger partial charge in [0.25, 0.3) is 0 Å². The number of ether oxygens (including phenoxy) is 1. The Bertz CT molecular complexity index is 601. The van der Waals surface area contributed by atoms with Crippen LogP contribution < -0.4 is 0 Å². The Balaban J connectivity index is 2.79. The van der Waals surface area contributed by atoms with Crippen LogP contribution in [0.25, 0.3) is 10.8 Å². The first-order valence-electron chi connectivity index (χ1n) is 4.98. The number of carbonyl (C=O) groups is 2. The van der Waals surface area contributed by atoms with Crippen molar-refractivity contribution in [3.63, 3.8) is 0 Å². The molecule has 17 heavy (non-hydrogen) atoms. The lowest BCUT2D eigenvalue weighted by Gasteiger charge is -2.07. The first kappa shape index (κ1) is 11.1. The summed E-state index contributed by atoms with van der Waals surface area (Å²) in [6.07, 6.45) is 0. The molecule has 0 aliphatic heterocycles. The third-order valence-corrected chi connectivity index (χ3v) is 2.56. The van der Waals surface area contributed by atoms with Crippen molar-refractivity contribution < 1.29 is 19.4 Å². The molecule has 0 bridgehead atoms. The number of benzene rings is 2. The van der Waals surface area contributed by atoms with Gasteiger partial charge in [-0.05, 0) is 22.9 Å². The van der Waals surface area contributed by atoms with Crippen LogP contribution in [0.3, 0.4) is 0 Å². The largest absolute Gasteiger partial charge is 0.478 e. The maximum absolute atomic E-state index is 11.5. The molecule has 0 aromatic heterocycles. The van der Waals surface area contributed by atoms with Gasteiger partial charge in [-0.2, -0.15) is 0 Å². The van der Waals surface area contributed by atoms with Crippen molar-refractivity contribution in [2.75, 3.05) is 7.11 Å². The number of aromatic carboxylic acids is 1. The van der Waals surface area contributed by atoms with Gasteiger partial charge in [0.05, 0.1) is 18.2 Å². The van der Waals surface area contributed by atoms with Crippen molar-refractivity contribution in [1.29, 1.82) is 0 Å². The average molecular weight is 230 g/mol. The SMILES string of the molecule is COC(=O)c1ccc(C(=O)O)c2ccccc12. The molecule has 0 heterocycles. The maximum atomic E-state index is 11.5. The molecule has 0 radical (unpaired) electrons. The van der Waals surface area contributed by atoms with Gasteiger partial charge in [-0.25, -0.2) is 9.59 Å². The van der Waals surface area contributed by atoms with E-state index in [1.54, 1.807) is 24.3 Å². The Labute approximate surface area is 97.4 Å². The standard InChI is InChI=1S/C13H10O4/c1-17-13(16)11-7-6-10(12(14)15)8-4-2-3-5-9(8)11/h2-7H,1H3,(H,14,15). The zero-order chi connectivity index (χ0) is 12.4. The number of hydrogen-bond donors (Lipinski definition) is 1. The molecule has 0 fully saturated rings. The van der Waals surface area contributed by atoms with Crippen LogP contribution >= 0.6 is 0 Å².